The molecule has 0 amide bonds. The number of rotatable bonds is 3. The molecule has 130 valence electrons. The van der Waals surface area contributed by atoms with Gasteiger partial charge in [0, 0.05) is 16.4 Å². The van der Waals surface area contributed by atoms with Crippen LogP contribution in [0.25, 0.3) is 16.7 Å². The van der Waals surface area contributed by atoms with E-state index in [2.05, 4.69) is 36.0 Å². The highest BCUT2D eigenvalue weighted by atomic mass is 79.9. The van der Waals surface area contributed by atoms with Gasteiger partial charge >= 0.3 is 5.69 Å². The second-order valence-corrected chi connectivity index (χ2v) is 6.75. The molecule has 4 rings (SSSR count). The number of benzene rings is 2. The molecule has 2 aromatic carbocycles. The SMILES string of the molecule is Cc1[nH]n(-c2ccc(Br)cc2)c(=O)c1C=Nc1ccc2[nH]c(=O)[nH]c2c1. The Hall–Kier alpha value is -3.13. The Morgan fingerprint density at radius 3 is 2.54 bits per heavy atom. The van der Waals surface area contributed by atoms with Gasteiger partial charge in [-0.3, -0.25) is 14.9 Å². The van der Waals surface area contributed by atoms with Crippen molar-refractivity contribution in [2.75, 3.05) is 0 Å². The first-order valence-electron chi connectivity index (χ1n) is 7.85. The van der Waals surface area contributed by atoms with Crippen LogP contribution >= 0.6 is 15.9 Å². The van der Waals surface area contributed by atoms with Crippen molar-refractivity contribution in [3.63, 3.8) is 0 Å². The molecule has 0 aliphatic carbocycles. The quantitative estimate of drug-likeness (QED) is 0.451. The van der Waals surface area contributed by atoms with Crippen molar-refractivity contribution in [1.82, 2.24) is 19.7 Å². The lowest BCUT2D eigenvalue weighted by Crippen LogP contribution is -2.17. The van der Waals surface area contributed by atoms with E-state index in [9.17, 15) is 9.59 Å². The molecule has 0 spiro atoms. The van der Waals surface area contributed by atoms with Crippen molar-refractivity contribution < 1.29 is 0 Å². The number of aromatic amines is 3. The molecule has 0 saturated heterocycles. The topological polar surface area (TPSA) is 98.8 Å². The molecule has 7 nitrogen and oxygen atoms in total. The van der Waals surface area contributed by atoms with Gasteiger partial charge in [0.15, 0.2) is 0 Å². The molecule has 0 saturated carbocycles. The van der Waals surface area contributed by atoms with Crippen molar-refractivity contribution in [2.45, 2.75) is 6.92 Å². The van der Waals surface area contributed by atoms with Gasteiger partial charge in [0.05, 0.1) is 28.0 Å². The number of fused-ring (bicyclic) bond motifs is 1. The minimum atomic E-state index is -0.264. The van der Waals surface area contributed by atoms with E-state index in [4.69, 9.17) is 0 Å². The van der Waals surface area contributed by atoms with Crippen LogP contribution in [0, 0.1) is 6.92 Å². The maximum Gasteiger partial charge on any atom is 0.323 e. The van der Waals surface area contributed by atoms with Crippen LogP contribution in [-0.2, 0) is 0 Å². The zero-order chi connectivity index (χ0) is 18.3. The highest BCUT2D eigenvalue weighted by molar-refractivity contribution is 9.10. The summed E-state index contributed by atoms with van der Waals surface area (Å²) in [7, 11) is 0. The zero-order valence-electron chi connectivity index (χ0n) is 13.7. The third-order valence-electron chi connectivity index (χ3n) is 4.04. The monoisotopic (exact) mass is 411 g/mol. The molecule has 26 heavy (non-hydrogen) atoms. The van der Waals surface area contributed by atoms with E-state index in [1.54, 1.807) is 18.2 Å². The third-order valence-corrected chi connectivity index (χ3v) is 4.57. The number of nitrogens with zero attached hydrogens (tertiary/aromatic N) is 2. The van der Waals surface area contributed by atoms with Crippen LogP contribution in [0.15, 0.2) is 61.5 Å². The van der Waals surface area contributed by atoms with E-state index in [1.807, 2.05) is 31.2 Å². The van der Waals surface area contributed by atoms with Gasteiger partial charge in [-0.25, -0.2) is 9.48 Å². The van der Waals surface area contributed by atoms with Crippen LogP contribution in [-0.4, -0.2) is 26.0 Å². The summed E-state index contributed by atoms with van der Waals surface area (Å²) in [4.78, 5) is 33.8. The third kappa shape index (κ3) is 2.95. The van der Waals surface area contributed by atoms with Gasteiger partial charge in [-0.2, -0.15) is 0 Å². The zero-order valence-corrected chi connectivity index (χ0v) is 15.3. The van der Waals surface area contributed by atoms with Crippen LogP contribution < -0.4 is 11.2 Å². The number of imidazole rings is 1. The first-order chi connectivity index (χ1) is 12.5. The standard InChI is InChI=1S/C18H14BrN5O2/c1-10-14(17(25)24(23-10)13-5-2-11(19)3-6-13)9-20-12-4-7-15-16(8-12)22-18(26)21-15/h2-9,23H,1H3,(H2,21,22,26). The van der Waals surface area contributed by atoms with Crippen molar-refractivity contribution >= 4 is 38.9 Å². The van der Waals surface area contributed by atoms with Gasteiger partial charge in [0.1, 0.15) is 0 Å². The molecular formula is C18H14BrN5O2. The minimum absolute atomic E-state index is 0.176. The van der Waals surface area contributed by atoms with Crippen LogP contribution in [0.3, 0.4) is 0 Å². The van der Waals surface area contributed by atoms with Gasteiger partial charge in [0.25, 0.3) is 5.56 Å². The number of hydrogen-bond donors (Lipinski definition) is 3. The molecule has 2 heterocycles. The van der Waals surface area contributed by atoms with Crippen molar-refractivity contribution in [1.29, 1.82) is 0 Å². The van der Waals surface area contributed by atoms with Gasteiger partial charge in [-0.15, -0.1) is 0 Å². The Kier molecular flexibility index (Phi) is 3.96. The second-order valence-electron chi connectivity index (χ2n) is 5.83. The van der Waals surface area contributed by atoms with Crippen LogP contribution in [0.5, 0.6) is 0 Å². The first-order valence-corrected chi connectivity index (χ1v) is 8.64. The summed E-state index contributed by atoms with van der Waals surface area (Å²) in [6.07, 6.45) is 1.54. The van der Waals surface area contributed by atoms with Crippen molar-refractivity contribution in [3.05, 3.63) is 79.0 Å². The highest BCUT2D eigenvalue weighted by Gasteiger charge is 2.10. The number of H-pyrrole nitrogens is 3. The number of aliphatic imine (C=N–C) groups is 1. The molecule has 0 aliphatic rings. The van der Waals surface area contributed by atoms with Crippen LogP contribution in [0.1, 0.15) is 11.3 Å². The Morgan fingerprint density at radius 1 is 1.04 bits per heavy atom. The Morgan fingerprint density at radius 2 is 1.77 bits per heavy atom. The smallest absolute Gasteiger partial charge is 0.306 e. The van der Waals surface area contributed by atoms with Gasteiger partial charge < -0.3 is 9.97 Å². The van der Waals surface area contributed by atoms with Crippen molar-refractivity contribution in [2.24, 2.45) is 4.99 Å². The summed E-state index contributed by atoms with van der Waals surface area (Å²) in [5.74, 6) is 0. The molecule has 0 atom stereocenters. The van der Waals surface area contributed by atoms with Crippen LogP contribution in [0.2, 0.25) is 0 Å². The van der Waals surface area contributed by atoms with Gasteiger partial charge in [0.2, 0.25) is 0 Å². The molecule has 0 fully saturated rings. The first kappa shape index (κ1) is 16.3. The summed E-state index contributed by atoms with van der Waals surface area (Å²) in [5, 5.41) is 3.06. The normalized spacial score (nSPS) is 11.6. The lowest BCUT2D eigenvalue weighted by Gasteiger charge is -2.00. The molecule has 8 heteroatoms. The molecule has 0 aliphatic heterocycles. The fourth-order valence-electron chi connectivity index (χ4n) is 2.72. The van der Waals surface area contributed by atoms with E-state index in [1.165, 1.54) is 10.9 Å². The average Bonchev–Trinajstić information content (AvgIpc) is 3.12. The van der Waals surface area contributed by atoms with E-state index < -0.39 is 0 Å². The predicted molar refractivity (Wildman–Crippen MR) is 105 cm³/mol. The molecule has 2 aromatic heterocycles. The molecule has 4 aromatic rings. The molecular weight excluding hydrogens is 398 g/mol. The van der Waals surface area contributed by atoms with E-state index >= 15 is 0 Å². The lowest BCUT2D eigenvalue weighted by atomic mass is 10.2. The number of aryl methyl sites for hydroxylation is 1. The molecule has 0 unspecified atom stereocenters. The summed E-state index contributed by atoms with van der Waals surface area (Å²) in [6, 6.07) is 12.7. The van der Waals surface area contributed by atoms with E-state index in [0.717, 1.165) is 15.9 Å². The van der Waals surface area contributed by atoms with E-state index in [0.29, 0.717) is 22.3 Å². The number of aromatic nitrogens is 4. The number of halogens is 1. The second kappa shape index (κ2) is 6.30. The minimum Gasteiger partial charge on any atom is -0.306 e. The summed E-state index contributed by atoms with van der Waals surface area (Å²) >= 11 is 3.38. The summed E-state index contributed by atoms with van der Waals surface area (Å²) in [5.41, 5.74) is 3.53. The Labute approximate surface area is 155 Å². The van der Waals surface area contributed by atoms with Crippen molar-refractivity contribution in [3.8, 4) is 5.69 Å². The Balaban J connectivity index is 1.71. The summed E-state index contributed by atoms with van der Waals surface area (Å²) in [6.45, 7) is 1.82. The van der Waals surface area contributed by atoms with Gasteiger partial charge in [-0.1, -0.05) is 15.9 Å². The number of nitrogens with one attached hydrogen (secondary N) is 3. The number of hydrogen-bond acceptors (Lipinski definition) is 3. The Bertz CT molecular complexity index is 1240. The maximum absolute atomic E-state index is 12.7. The molecule has 3 N–H and O–H groups in total. The fourth-order valence-corrected chi connectivity index (χ4v) is 2.99. The molecule has 0 radical (unpaired) electrons. The largest absolute Gasteiger partial charge is 0.323 e. The highest BCUT2D eigenvalue weighted by Crippen LogP contribution is 2.18. The van der Waals surface area contributed by atoms with E-state index in [-0.39, 0.29) is 11.2 Å². The van der Waals surface area contributed by atoms with Gasteiger partial charge in [-0.05, 0) is 49.4 Å². The maximum atomic E-state index is 12.7. The molecule has 0 bridgehead atoms. The summed E-state index contributed by atoms with van der Waals surface area (Å²) < 4.78 is 2.42. The van der Waals surface area contributed by atoms with Crippen LogP contribution in [0.4, 0.5) is 5.69 Å². The predicted octanol–water partition coefficient (Wildman–Crippen LogP) is 3.16. The lowest BCUT2D eigenvalue weighted by molar-refractivity contribution is 0.835. The average molecular weight is 412 g/mol. The fraction of sp³-hybridized carbons (Fsp3) is 0.0556.